The summed E-state index contributed by atoms with van der Waals surface area (Å²) in [5.74, 6) is 0.690. The highest BCUT2D eigenvalue weighted by atomic mass is 16.6. The third kappa shape index (κ3) is 3.41. The summed E-state index contributed by atoms with van der Waals surface area (Å²) in [7, 11) is 0. The van der Waals surface area contributed by atoms with Crippen LogP contribution in [0.2, 0.25) is 0 Å². The van der Waals surface area contributed by atoms with Crippen molar-refractivity contribution in [3.8, 4) is 5.88 Å². The molecule has 0 amide bonds. The lowest BCUT2D eigenvalue weighted by Gasteiger charge is -2.38. The van der Waals surface area contributed by atoms with Crippen LogP contribution in [0.1, 0.15) is 24.8 Å². The zero-order valence-corrected chi connectivity index (χ0v) is 13.2. The number of hydrogen-bond donors (Lipinski definition) is 0. The maximum Gasteiger partial charge on any atom is 0.213 e. The Bertz CT molecular complexity index is 606. The van der Waals surface area contributed by atoms with Gasteiger partial charge in [0.1, 0.15) is 6.10 Å². The highest BCUT2D eigenvalue weighted by molar-refractivity contribution is 5.11. The van der Waals surface area contributed by atoms with E-state index in [1.165, 1.54) is 5.56 Å². The van der Waals surface area contributed by atoms with Crippen LogP contribution in [0.4, 0.5) is 0 Å². The Labute approximate surface area is 136 Å². The van der Waals surface area contributed by atoms with Crippen molar-refractivity contribution in [1.29, 1.82) is 0 Å². The topological polar surface area (TPSA) is 47.7 Å². The van der Waals surface area contributed by atoms with Crippen LogP contribution in [0.5, 0.6) is 5.88 Å². The molecule has 4 rings (SSSR count). The first-order valence-electron chi connectivity index (χ1n) is 8.26. The maximum absolute atomic E-state index is 6.15. The molecular weight excluding hydrogens is 292 g/mol. The first kappa shape index (κ1) is 14.7. The van der Waals surface area contributed by atoms with Crippen molar-refractivity contribution in [2.45, 2.75) is 37.5 Å². The summed E-state index contributed by atoms with van der Waals surface area (Å²) in [5, 5.41) is 0. The van der Waals surface area contributed by atoms with Gasteiger partial charge in [-0.15, -0.1) is 0 Å². The molecule has 2 aromatic rings. The minimum Gasteiger partial charge on any atom is -0.472 e. The summed E-state index contributed by atoms with van der Waals surface area (Å²) in [6, 6.07) is 7.78. The van der Waals surface area contributed by atoms with Gasteiger partial charge in [-0.2, -0.15) is 0 Å². The molecule has 0 bridgehead atoms. The zero-order chi connectivity index (χ0) is 15.5. The van der Waals surface area contributed by atoms with Gasteiger partial charge in [-0.3, -0.25) is 4.90 Å². The molecule has 0 aliphatic carbocycles. The Morgan fingerprint density at radius 2 is 2.17 bits per heavy atom. The molecule has 122 valence electrons. The molecule has 0 N–H and O–H groups in total. The molecule has 23 heavy (non-hydrogen) atoms. The van der Waals surface area contributed by atoms with Gasteiger partial charge in [0.15, 0.2) is 0 Å². The molecule has 2 saturated heterocycles. The Balaban J connectivity index is 1.29. The second-order valence-electron chi connectivity index (χ2n) is 6.51. The maximum atomic E-state index is 6.15. The second-order valence-corrected chi connectivity index (χ2v) is 6.51. The number of hydrogen-bond acceptors (Lipinski definition) is 5. The minimum absolute atomic E-state index is 0.00760. The van der Waals surface area contributed by atoms with E-state index < -0.39 is 0 Å². The van der Waals surface area contributed by atoms with Crippen molar-refractivity contribution < 1.29 is 13.9 Å². The fourth-order valence-electron chi connectivity index (χ4n) is 3.57. The first-order valence-corrected chi connectivity index (χ1v) is 8.26. The van der Waals surface area contributed by atoms with Crippen LogP contribution in [0.15, 0.2) is 47.4 Å². The molecule has 2 aromatic heterocycles. The van der Waals surface area contributed by atoms with Crippen LogP contribution in [0.25, 0.3) is 0 Å². The Morgan fingerprint density at radius 1 is 1.26 bits per heavy atom. The van der Waals surface area contributed by atoms with E-state index in [0.717, 1.165) is 38.9 Å². The quantitative estimate of drug-likeness (QED) is 0.868. The summed E-state index contributed by atoms with van der Waals surface area (Å²) in [6.45, 7) is 3.74. The zero-order valence-electron chi connectivity index (χ0n) is 13.2. The summed E-state index contributed by atoms with van der Waals surface area (Å²) in [4.78, 5) is 6.70. The van der Waals surface area contributed by atoms with Crippen molar-refractivity contribution in [3.63, 3.8) is 0 Å². The molecule has 0 aromatic carbocycles. The third-order valence-electron chi connectivity index (χ3n) is 4.85. The van der Waals surface area contributed by atoms with E-state index in [0.29, 0.717) is 12.5 Å². The molecule has 2 aliphatic heterocycles. The average molecular weight is 314 g/mol. The summed E-state index contributed by atoms with van der Waals surface area (Å²) in [6.07, 6.45) is 8.52. The average Bonchev–Trinajstić information content (AvgIpc) is 3.22. The highest BCUT2D eigenvalue weighted by Crippen LogP contribution is 2.37. The summed E-state index contributed by atoms with van der Waals surface area (Å²) < 4.78 is 17.3. The van der Waals surface area contributed by atoms with Crippen molar-refractivity contribution in [3.05, 3.63) is 48.6 Å². The molecule has 2 fully saturated rings. The predicted molar refractivity (Wildman–Crippen MR) is 85.2 cm³/mol. The first-order chi connectivity index (χ1) is 11.3. The lowest BCUT2D eigenvalue weighted by Crippen LogP contribution is -2.44. The van der Waals surface area contributed by atoms with E-state index >= 15 is 0 Å². The van der Waals surface area contributed by atoms with Crippen molar-refractivity contribution >= 4 is 0 Å². The van der Waals surface area contributed by atoms with Crippen molar-refractivity contribution in [2.24, 2.45) is 0 Å². The van der Waals surface area contributed by atoms with E-state index in [2.05, 4.69) is 9.88 Å². The lowest BCUT2D eigenvalue weighted by atomic mass is 9.88. The van der Waals surface area contributed by atoms with Crippen molar-refractivity contribution in [2.75, 3.05) is 19.7 Å². The van der Waals surface area contributed by atoms with Gasteiger partial charge in [0, 0.05) is 43.9 Å². The van der Waals surface area contributed by atoms with E-state index in [1.807, 2.05) is 30.5 Å². The monoisotopic (exact) mass is 314 g/mol. The highest BCUT2D eigenvalue weighted by Gasteiger charge is 2.43. The number of likely N-dealkylation sites (tertiary alicyclic amines) is 1. The van der Waals surface area contributed by atoms with Gasteiger partial charge >= 0.3 is 0 Å². The molecular formula is C18H22N2O3. The van der Waals surface area contributed by atoms with Crippen LogP contribution in [-0.2, 0) is 11.3 Å². The number of piperidine rings is 1. The van der Waals surface area contributed by atoms with Gasteiger partial charge in [-0.05, 0) is 25.0 Å². The van der Waals surface area contributed by atoms with Crippen LogP contribution in [0, 0.1) is 0 Å². The molecule has 0 saturated carbocycles. The van der Waals surface area contributed by atoms with Gasteiger partial charge in [-0.25, -0.2) is 4.98 Å². The molecule has 2 aliphatic rings. The predicted octanol–water partition coefficient (Wildman–Crippen LogP) is 2.88. The largest absolute Gasteiger partial charge is 0.472 e. The Morgan fingerprint density at radius 3 is 2.91 bits per heavy atom. The molecule has 5 heteroatoms. The molecule has 5 nitrogen and oxygen atoms in total. The molecule has 0 radical (unpaired) electrons. The second kappa shape index (κ2) is 6.34. The van der Waals surface area contributed by atoms with Crippen molar-refractivity contribution in [1.82, 2.24) is 9.88 Å². The van der Waals surface area contributed by atoms with E-state index in [9.17, 15) is 0 Å². The van der Waals surface area contributed by atoms with Gasteiger partial charge < -0.3 is 13.9 Å². The number of furan rings is 1. The minimum atomic E-state index is -0.00760. The third-order valence-corrected chi connectivity index (χ3v) is 4.85. The molecule has 1 unspecified atom stereocenters. The van der Waals surface area contributed by atoms with E-state index in [1.54, 1.807) is 12.5 Å². The fourth-order valence-corrected chi connectivity index (χ4v) is 3.57. The number of rotatable bonds is 4. The number of aromatic nitrogens is 1. The van der Waals surface area contributed by atoms with Crippen LogP contribution < -0.4 is 4.74 Å². The SMILES string of the molecule is c1ccc(OC2COC3(CCN(Cc4ccoc4)CC3)C2)nc1. The molecule has 1 atom stereocenters. The summed E-state index contributed by atoms with van der Waals surface area (Å²) >= 11 is 0. The van der Waals surface area contributed by atoms with Gasteiger partial charge in [0.25, 0.3) is 0 Å². The summed E-state index contributed by atoms with van der Waals surface area (Å²) in [5.41, 5.74) is 1.23. The number of ether oxygens (including phenoxy) is 2. The van der Waals surface area contributed by atoms with Gasteiger partial charge in [-0.1, -0.05) is 6.07 Å². The van der Waals surface area contributed by atoms with Crippen LogP contribution in [-0.4, -0.2) is 41.3 Å². The lowest BCUT2D eigenvalue weighted by molar-refractivity contribution is -0.0455. The smallest absolute Gasteiger partial charge is 0.213 e. The van der Waals surface area contributed by atoms with Crippen LogP contribution >= 0.6 is 0 Å². The Hall–Kier alpha value is -1.85. The van der Waals surface area contributed by atoms with Gasteiger partial charge in [0.05, 0.1) is 24.7 Å². The number of nitrogens with zero attached hydrogens (tertiary/aromatic N) is 2. The van der Waals surface area contributed by atoms with Gasteiger partial charge in [0.2, 0.25) is 5.88 Å². The number of pyridine rings is 1. The van der Waals surface area contributed by atoms with E-state index in [4.69, 9.17) is 13.9 Å². The fraction of sp³-hybridized carbons (Fsp3) is 0.500. The Kier molecular flexibility index (Phi) is 4.06. The normalized spacial score (nSPS) is 24.1. The standard InChI is InChI=1S/C18H22N2O3/c1-2-7-19-17(3-1)23-16-11-18(22-14-16)5-8-20(9-6-18)12-15-4-10-21-13-15/h1-4,7,10,13,16H,5-6,8-9,11-12,14H2. The van der Waals surface area contributed by atoms with Crippen LogP contribution in [0.3, 0.4) is 0 Å². The van der Waals surface area contributed by atoms with E-state index in [-0.39, 0.29) is 11.7 Å². The molecule has 4 heterocycles. The molecule has 1 spiro atoms.